The molecule has 5 heteroatoms. The fraction of sp³-hybridized carbons (Fsp3) is 0.273. The Hall–Kier alpha value is -2.59. The monoisotopic (exact) mass is 380 g/mol. The minimum Gasteiger partial charge on any atom is -0.337 e. The van der Waals surface area contributed by atoms with Crippen LogP contribution in [0.15, 0.2) is 36.4 Å². The molecule has 0 saturated heterocycles. The molecule has 4 nitrogen and oxygen atoms in total. The first-order chi connectivity index (χ1) is 12.9. The number of carbonyl (C=O) groups excluding carboxylic acids is 2. The Morgan fingerprint density at radius 2 is 1.93 bits per heavy atom. The Morgan fingerprint density at radius 1 is 1.15 bits per heavy atom. The number of aryl methyl sites for hydroxylation is 2. The van der Waals surface area contributed by atoms with Crippen LogP contribution in [0.5, 0.6) is 0 Å². The van der Waals surface area contributed by atoms with Gasteiger partial charge >= 0.3 is 0 Å². The van der Waals surface area contributed by atoms with E-state index in [1.54, 1.807) is 13.0 Å². The van der Waals surface area contributed by atoms with Crippen molar-refractivity contribution >= 4 is 39.9 Å². The van der Waals surface area contributed by atoms with Gasteiger partial charge in [-0.3, -0.25) is 9.59 Å². The maximum Gasteiger partial charge on any atom is 0.275 e. The Morgan fingerprint density at radius 3 is 2.63 bits per heavy atom. The lowest BCUT2D eigenvalue weighted by atomic mass is 10.1. The fourth-order valence-electron chi connectivity index (χ4n) is 4.06. The molecule has 0 N–H and O–H groups in total. The maximum absolute atomic E-state index is 13.5. The highest BCUT2D eigenvalue weighted by atomic mass is 35.5. The SMILES string of the molecule is CCn1c(C(=O)N2CCc3cc(C(C)=O)ccc32)c(C)c2cc(Cl)ccc21. The van der Waals surface area contributed by atoms with E-state index >= 15 is 0 Å². The molecule has 0 bridgehead atoms. The number of amides is 1. The molecule has 4 rings (SSSR count). The number of carbonyl (C=O) groups is 2. The molecule has 138 valence electrons. The van der Waals surface area contributed by atoms with Crippen LogP contribution in [-0.4, -0.2) is 22.8 Å². The van der Waals surface area contributed by atoms with Crippen molar-refractivity contribution in [3.05, 3.63) is 63.8 Å². The van der Waals surface area contributed by atoms with Crippen LogP contribution in [0.25, 0.3) is 10.9 Å². The minimum atomic E-state index is -0.00371. The van der Waals surface area contributed by atoms with Crippen LogP contribution in [0.4, 0.5) is 5.69 Å². The van der Waals surface area contributed by atoms with E-state index in [0.717, 1.165) is 34.1 Å². The molecule has 1 aliphatic heterocycles. The van der Waals surface area contributed by atoms with Crippen LogP contribution in [0.2, 0.25) is 5.02 Å². The first-order valence-electron chi connectivity index (χ1n) is 9.16. The Kier molecular flexibility index (Phi) is 4.31. The second-order valence-corrected chi connectivity index (χ2v) is 7.42. The predicted octanol–water partition coefficient (Wildman–Crippen LogP) is 5.03. The topological polar surface area (TPSA) is 42.3 Å². The highest BCUT2D eigenvalue weighted by Gasteiger charge is 2.30. The predicted molar refractivity (Wildman–Crippen MR) is 109 cm³/mol. The molecule has 0 fully saturated rings. The zero-order chi connectivity index (χ0) is 19.3. The first kappa shape index (κ1) is 17.8. The van der Waals surface area contributed by atoms with Crippen LogP contribution in [-0.2, 0) is 13.0 Å². The minimum absolute atomic E-state index is 0.00371. The van der Waals surface area contributed by atoms with E-state index in [0.29, 0.717) is 29.4 Å². The number of aromatic nitrogens is 1. The van der Waals surface area contributed by atoms with Crippen molar-refractivity contribution in [1.29, 1.82) is 0 Å². The average molecular weight is 381 g/mol. The molecular weight excluding hydrogens is 360 g/mol. The summed E-state index contributed by atoms with van der Waals surface area (Å²) in [7, 11) is 0. The normalized spacial score (nSPS) is 13.3. The third kappa shape index (κ3) is 2.76. The van der Waals surface area contributed by atoms with Gasteiger partial charge in [0.2, 0.25) is 0 Å². The second-order valence-electron chi connectivity index (χ2n) is 6.99. The molecule has 0 atom stereocenters. The number of rotatable bonds is 3. The summed E-state index contributed by atoms with van der Waals surface area (Å²) >= 11 is 6.18. The molecule has 2 heterocycles. The van der Waals surface area contributed by atoms with Gasteiger partial charge < -0.3 is 9.47 Å². The maximum atomic E-state index is 13.5. The molecule has 2 aromatic carbocycles. The number of benzene rings is 2. The van der Waals surface area contributed by atoms with Gasteiger partial charge in [0.15, 0.2) is 5.78 Å². The summed E-state index contributed by atoms with van der Waals surface area (Å²) in [5, 5.41) is 1.68. The van der Waals surface area contributed by atoms with E-state index in [4.69, 9.17) is 11.6 Å². The van der Waals surface area contributed by atoms with Gasteiger partial charge in [-0.2, -0.15) is 0 Å². The summed E-state index contributed by atoms with van der Waals surface area (Å²) in [6.45, 7) is 6.92. The van der Waals surface area contributed by atoms with E-state index in [2.05, 4.69) is 4.57 Å². The summed E-state index contributed by atoms with van der Waals surface area (Å²) in [6.07, 6.45) is 0.763. The number of fused-ring (bicyclic) bond motifs is 2. The number of halogens is 1. The summed E-state index contributed by atoms with van der Waals surface area (Å²) < 4.78 is 2.06. The number of Topliss-reactive ketones (excluding diaryl/α,β-unsaturated/α-hetero) is 1. The molecule has 1 aliphatic rings. The number of nitrogens with zero attached hydrogens (tertiary/aromatic N) is 2. The zero-order valence-electron chi connectivity index (χ0n) is 15.7. The van der Waals surface area contributed by atoms with Gasteiger partial charge in [-0.15, -0.1) is 0 Å². The lowest BCUT2D eigenvalue weighted by Gasteiger charge is -2.19. The number of anilines is 1. The highest BCUT2D eigenvalue weighted by Crippen LogP contribution is 2.34. The van der Waals surface area contributed by atoms with Gasteiger partial charge in [0.25, 0.3) is 5.91 Å². The van der Waals surface area contributed by atoms with Crippen LogP contribution in [0.3, 0.4) is 0 Å². The lowest BCUT2D eigenvalue weighted by molar-refractivity contribution is 0.0979. The van der Waals surface area contributed by atoms with E-state index < -0.39 is 0 Å². The smallest absolute Gasteiger partial charge is 0.275 e. The number of ketones is 1. The van der Waals surface area contributed by atoms with Gasteiger partial charge in [0, 0.05) is 40.3 Å². The van der Waals surface area contributed by atoms with E-state index in [1.807, 2.05) is 49.1 Å². The standard InChI is InChI=1S/C22H21ClN2O2/c1-4-24-20-8-6-17(23)12-18(20)13(2)21(24)22(27)25-10-9-16-11-15(14(3)26)5-7-19(16)25/h5-8,11-12H,4,9-10H2,1-3H3. The molecule has 0 spiro atoms. The average Bonchev–Trinajstić information content (AvgIpc) is 3.19. The third-order valence-corrected chi connectivity index (χ3v) is 5.66. The molecule has 3 aromatic rings. The van der Waals surface area contributed by atoms with Crippen molar-refractivity contribution in [2.75, 3.05) is 11.4 Å². The Balaban J connectivity index is 1.82. The molecule has 1 aromatic heterocycles. The van der Waals surface area contributed by atoms with Gasteiger partial charge in [-0.05, 0) is 74.7 Å². The molecule has 0 saturated carbocycles. The van der Waals surface area contributed by atoms with Gasteiger partial charge in [-0.1, -0.05) is 11.6 Å². The summed E-state index contributed by atoms with van der Waals surface area (Å²) in [4.78, 5) is 27.0. The quantitative estimate of drug-likeness (QED) is 0.598. The van der Waals surface area contributed by atoms with E-state index in [1.165, 1.54) is 0 Å². The van der Waals surface area contributed by atoms with Crippen molar-refractivity contribution in [3.8, 4) is 0 Å². The summed E-state index contributed by atoms with van der Waals surface area (Å²) in [6, 6.07) is 11.4. The molecular formula is C22H21ClN2O2. The van der Waals surface area contributed by atoms with Crippen molar-refractivity contribution in [2.45, 2.75) is 33.7 Å². The number of hydrogen-bond acceptors (Lipinski definition) is 2. The first-order valence-corrected chi connectivity index (χ1v) is 9.54. The fourth-order valence-corrected chi connectivity index (χ4v) is 4.23. The largest absolute Gasteiger partial charge is 0.337 e. The van der Waals surface area contributed by atoms with Gasteiger partial charge in [0.05, 0.1) is 0 Å². The Bertz CT molecular complexity index is 1100. The van der Waals surface area contributed by atoms with Crippen LogP contribution in [0, 0.1) is 6.92 Å². The summed E-state index contributed by atoms with van der Waals surface area (Å²) in [5.74, 6) is 0.0393. The van der Waals surface area contributed by atoms with Crippen LogP contribution >= 0.6 is 11.6 Å². The lowest BCUT2D eigenvalue weighted by Crippen LogP contribution is -2.31. The van der Waals surface area contributed by atoms with Crippen LogP contribution in [0.1, 0.15) is 45.8 Å². The molecule has 0 unspecified atom stereocenters. The molecule has 27 heavy (non-hydrogen) atoms. The van der Waals surface area contributed by atoms with Crippen molar-refractivity contribution in [2.24, 2.45) is 0 Å². The van der Waals surface area contributed by atoms with Gasteiger partial charge in [-0.25, -0.2) is 0 Å². The molecule has 0 radical (unpaired) electrons. The van der Waals surface area contributed by atoms with Crippen LogP contribution < -0.4 is 4.90 Å². The third-order valence-electron chi connectivity index (χ3n) is 5.42. The van der Waals surface area contributed by atoms with Crippen molar-refractivity contribution in [3.63, 3.8) is 0 Å². The molecule has 0 aliphatic carbocycles. The highest BCUT2D eigenvalue weighted by molar-refractivity contribution is 6.31. The van der Waals surface area contributed by atoms with Gasteiger partial charge in [0.1, 0.15) is 5.69 Å². The van der Waals surface area contributed by atoms with Crippen molar-refractivity contribution in [1.82, 2.24) is 4.57 Å². The second kappa shape index (κ2) is 6.54. The van der Waals surface area contributed by atoms with Crippen molar-refractivity contribution < 1.29 is 9.59 Å². The Labute approximate surface area is 163 Å². The van der Waals surface area contributed by atoms with E-state index in [-0.39, 0.29) is 11.7 Å². The molecule has 1 amide bonds. The summed E-state index contributed by atoms with van der Waals surface area (Å²) in [5.41, 5.74) is 5.32. The number of hydrogen-bond donors (Lipinski definition) is 0. The zero-order valence-corrected chi connectivity index (χ0v) is 16.4. The van der Waals surface area contributed by atoms with E-state index in [9.17, 15) is 9.59 Å².